The molecule has 0 N–H and O–H groups in total. The minimum absolute atomic E-state index is 0.605. The van der Waals surface area contributed by atoms with Crippen molar-refractivity contribution >= 4 is 35.3 Å². The van der Waals surface area contributed by atoms with Crippen molar-refractivity contribution in [3.63, 3.8) is 0 Å². The highest BCUT2D eigenvalue weighted by Gasteiger charge is 2.08. The maximum absolute atomic E-state index is 5.74. The summed E-state index contributed by atoms with van der Waals surface area (Å²) >= 11 is 8.64. The average molecular weight is 391 g/mol. The Kier molecular flexibility index (Phi) is 6.12. The van der Waals surface area contributed by atoms with Gasteiger partial charge in [0.1, 0.15) is 11.5 Å². The van der Waals surface area contributed by atoms with Gasteiger partial charge in [-0.1, -0.05) is 41.3 Å². The fourth-order valence-electron chi connectivity index (χ4n) is 2.23. The molecule has 0 saturated carbocycles. The van der Waals surface area contributed by atoms with Gasteiger partial charge in [0.05, 0.1) is 19.4 Å². The third-order valence-corrected chi connectivity index (χ3v) is 5.84. The lowest BCUT2D eigenvalue weighted by Crippen LogP contribution is -2.01. The summed E-state index contributed by atoms with van der Waals surface area (Å²) in [5, 5.41) is 4.63. The quantitative estimate of drug-likeness (QED) is 0.317. The summed E-state index contributed by atoms with van der Waals surface area (Å²) in [5.74, 6) is 2.46. The molecule has 4 nitrogen and oxygen atoms in total. The second kappa shape index (κ2) is 8.51. The highest BCUT2D eigenvalue weighted by Crippen LogP contribution is 2.25. The van der Waals surface area contributed by atoms with Crippen molar-refractivity contribution in [1.29, 1.82) is 0 Å². The second-order valence-corrected chi connectivity index (χ2v) is 8.17. The molecule has 0 saturated heterocycles. The van der Waals surface area contributed by atoms with Crippen molar-refractivity contribution < 1.29 is 9.47 Å². The van der Waals surface area contributed by atoms with E-state index in [-0.39, 0.29) is 0 Å². The summed E-state index contributed by atoms with van der Waals surface area (Å²) in [6.07, 6.45) is 0. The van der Waals surface area contributed by atoms with Crippen molar-refractivity contribution in [2.75, 3.05) is 19.5 Å². The molecule has 0 radical (unpaired) electrons. The van der Waals surface area contributed by atoms with E-state index in [0.29, 0.717) is 6.61 Å². The molecule has 25 heavy (non-hydrogen) atoms. The zero-order valence-electron chi connectivity index (χ0n) is 14.0. The van der Waals surface area contributed by atoms with Gasteiger partial charge in [-0.05, 0) is 55.0 Å². The van der Waals surface area contributed by atoms with Crippen molar-refractivity contribution in [2.45, 2.75) is 11.3 Å². The molecule has 0 bridgehead atoms. The number of nitrogens with zero attached hydrogens (tertiary/aromatic N) is 2. The molecule has 0 amide bonds. The van der Waals surface area contributed by atoms with Crippen LogP contribution in [-0.4, -0.2) is 29.3 Å². The number of aryl methyl sites for hydroxylation is 1. The zero-order valence-corrected chi connectivity index (χ0v) is 16.4. The fourth-order valence-corrected chi connectivity index (χ4v) is 4.47. The van der Waals surface area contributed by atoms with Crippen LogP contribution >= 0.6 is 35.3 Å². The van der Waals surface area contributed by atoms with E-state index in [1.54, 1.807) is 18.9 Å². The lowest BCUT2D eigenvalue weighted by Gasteiger charge is -2.06. The number of hydrogen-bond donors (Lipinski definition) is 0. The minimum Gasteiger partial charge on any atom is -0.497 e. The first-order valence-electron chi connectivity index (χ1n) is 7.73. The fraction of sp³-hybridized carbons (Fsp3) is 0.222. The van der Waals surface area contributed by atoms with Gasteiger partial charge in [-0.3, -0.25) is 0 Å². The summed E-state index contributed by atoms with van der Waals surface area (Å²) < 4.78 is 14.4. The van der Waals surface area contributed by atoms with Crippen LogP contribution in [0.1, 0.15) is 5.56 Å². The first-order chi connectivity index (χ1) is 12.2. The van der Waals surface area contributed by atoms with Crippen molar-refractivity contribution in [2.24, 2.45) is 0 Å². The van der Waals surface area contributed by atoms with Gasteiger partial charge in [0.25, 0.3) is 0 Å². The number of rotatable bonds is 7. The van der Waals surface area contributed by atoms with Crippen LogP contribution in [-0.2, 0) is 0 Å². The molecule has 0 aliphatic heterocycles. The SMILES string of the molecule is COc1ccc(OCCSc2nn(-c3ccccc3C)c(=S)s2)cc1. The van der Waals surface area contributed by atoms with E-state index < -0.39 is 0 Å². The third-order valence-electron chi connectivity index (χ3n) is 3.51. The molecule has 3 aromatic rings. The minimum atomic E-state index is 0.605. The molecule has 3 rings (SSSR count). The van der Waals surface area contributed by atoms with Crippen LogP contribution in [0.2, 0.25) is 0 Å². The maximum atomic E-state index is 5.74. The van der Waals surface area contributed by atoms with Gasteiger partial charge in [0.15, 0.2) is 8.29 Å². The Hall–Kier alpha value is -1.83. The number of benzene rings is 2. The summed E-state index contributed by atoms with van der Waals surface area (Å²) in [6, 6.07) is 15.7. The topological polar surface area (TPSA) is 36.3 Å². The lowest BCUT2D eigenvalue weighted by molar-refractivity contribution is 0.342. The molecule has 0 aliphatic rings. The maximum Gasteiger partial charge on any atom is 0.184 e. The molecule has 1 heterocycles. The molecule has 0 fully saturated rings. The smallest absolute Gasteiger partial charge is 0.184 e. The van der Waals surface area contributed by atoms with Crippen LogP contribution in [0.3, 0.4) is 0 Å². The van der Waals surface area contributed by atoms with Crippen molar-refractivity contribution in [3.8, 4) is 17.2 Å². The Labute approximate surface area is 160 Å². The van der Waals surface area contributed by atoms with Crippen molar-refractivity contribution in [3.05, 3.63) is 58.0 Å². The summed E-state index contributed by atoms with van der Waals surface area (Å²) in [6.45, 7) is 2.67. The van der Waals surface area contributed by atoms with Gasteiger partial charge in [-0.25, -0.2) is 4.68 Å². The van der Waals surface area contributed by atoms with E-state index in [2.05, 4.69) is 18.1 Å². The molecule has 0 unspecified atom stereocenters. The van der Waals surface area contributed by atoms with Crippen LogP contribution in [0.4, 0.5) is 0 Å². The standard InChI is InChI=1S/C18H18N2O2S3/c1-13-5-3-4-6-16(13)20-18(23)25-17(19-20)24-12-11-22-15-9-7-14(21-2)8-10-15/h3-10H,11-12H2,1-2H3. The number of ether oxygens (including phenoxy) is 2. The van der Waals surface area contributed by atoms with Crippen LogP contribution < -0.4 is 9.47 Å². The van der Waals surface area contributed by atoms with Crippen LogP contribution in [0, 0.1) is 10.9 Å². The van der Waals surface area contributed by atoms with E-state index in [0.717, 1.165) is 36.8 Å². The molecule has 0 aliphatic carbocycles. The second-order valence-electron chi connectivity index (χ2n) is 5.20. The lowest BCUT2D eigenvalue weighted by atomic mass is 10.2. The van der Waals surface area contributed by atoms with Gasteiger partial charge in [0.2, 0.25) is 0 Å². The van der Waals surface area contributed by atoms with Crippen LogP contribution in [0.15, 0.2) is 52.9 Å². The third kappa shape index (κ3) is 4.62. The predicted molar refractivity (Wildman–Crippen MR) is 106 cm³/mol. The van der Waals surface area contributed by atoms with E-state index in [4.69, 9.17) is 21.7 Å². The van der Waals surface area contributed by atoms with Crippen molar-refractivity contribution in [1.82, 2.24) is 9.78 Å². The average Bonchev–Trinajstić information content (AvgIpc) is 3.00. The molecule has 1 aromatic heterocycles. The molecule has 0 atom stereocenters. The summed E-state index contributed by atoms with van der Waals surface area (Å²) in [7, 11) is 1.65. The van der Waals surface area contributed by atoms with E-state index in [1.807, 2.05) is 47.1 Å². The first kappa shape index (κ1) is 18.0. The van der Waals surface area contributed by atoms with Crippen LogP contribution in [0.5, 0.6) is 11.5 Å². The van der Waals surface area contributed by atoms with Gasteiger partial charge >= 0.3 is 0 Å². The zero-order chi connectivity index (χ0) is 17.6. The Morgan fingerprint density at radius 3 is 2.56 bits per heavy atom. The van der Waals surface area contributed by atoms with Gasteiger partial charge < -0.3 is 9.47 Å². The number of thioether (sulfide) groups is 1. The van der Waals surface area contributed by atoms with Gasteiger partial charge in [0, 0.05) is 5.75 Å². The number of aromatic nitrogens is 2. The highest BCUT2D eigenvalue weighted by atomic mass is 32.2. The normalized spacial score (nSPS) is 10.6. The molecule has 7 heteroatoms. The van der Waals surface area contributed by atoms with E-state index in [9.17, 15) is 0 Å². The van der Waals surface area contributed by atoms with Gasteiger partial charge in [-0.15, -0.1) is 5.10 Å². The number of methoxy groups -OCH3 is 1. The molecular weight excluding hydrogens is 372 g/mol. The van der Waals surface area contributed by atoms with Gasteiger partial charge in [-0.2, -0.15) is 0 Å². The molecule has 0 spiro atoms. The Bertz CT molecular complexity index is 888. The summed E-state index contributed by atoms with van der Waals surface area (Å²) in [5.41, 5.74) is 2.19. The molecular formula is C18H18N2O2S3. The number of para-hydroxylation sites is 1. The van der Waals surface area contributed by atoms with E-state index >= 15 is 0 Å². The summed E-state index contributed by atoms with van der Waals surface area (Å²) in [4.78, 5) is 0. The largest absolute Gasteiger partial charge is 0.497 e. The molecule has 2 aromatic carbocycles. The van der Waals surface area contributed by atoms with E-state index in [1.165, 1.54) is 11.3 Å². The molecule has 130 valence electrons. The van der Waals surface area contributed by atoms with Crippen LogP contribution in [0.25, 0.3) is 5.69 Å². The Balaban J connectivity index is 1.56. The highest BCUT2D eigenvalue weighted by molar-refractivity contribution is 8.01. The monoisotopic (exact) mass is 390 g/mol. The predicted octanol–water partition coefficient (Wildman–Crippen LogP) is 5.15. The Morgan fingerprint density at radius 2 is 1.84 bits per heavy atom. The first-order valence-corrected chi connectivity index (χ1v) is 9.94. The number of hydrogen-bond acceptors (Lipinski definition) is 6. The Morgan fingerprint density at radius 1 is 1.12 bits per heavy atom.